The molecule has 0 spiro atoms. The van der Waals surface area contributed by atoms with E-state index in [1.54, 1.807) is 24.5 Å². The highest BCUT2D eigenvalue weighted by atomic mass is 16.3. The van der Waals surface area contributed by atoms with Gasteiger partial charge in [-0.05, 0) is 24.3 Å². The molecule has 1 aromatic carbocycles. The van der Waals surface area contributed by atoms with Gasteiger partial charge in [-0.25, -0.2) is 0 Å². The largest absolute Gasteiger partial charge is 0.508 e. The lowest BCUT2D eigenvalue weighted by atomic mass is 10.2. The van der Waals surface area contributed by atoms with E-state index in [0.29, 0.717) is 11.8 Å². The minimum atomic E-state index is 0.125. The molecule has 0 unspecified atom stereocenters. The van der Waals surface area contributed by atoms with Crippen LogP contribution >= 0.6 is 0 Å². The van der Waals surface area contributed by atoms with Crippen LogP contribution in [0, 0.1) is 0 Å². The van der Waals surface area contributed by atoms with Gasteiger partial charge in [-0.3, -0.25) is 9.78 Å². The third-order valence-corrected chi connectivity index (χ3v) is 1.57. The third kappa shape index (κ3) is 4.57. The van der Waals surface area contributed by atoms with Crippen molar-refractivity contribution < 1.29 is 9.90 Å². The summed E-state index contributed by atoms with van der Waals surface area (Å²) in [5, 5.41) is 8.79. The minimum Gasteiger partial charge on any atom is -0.508 e. The molecule has 1 heterocycles. The lowest BCUT2D eigenvalue weighted by molar-refractivity contribution is 0.112. The van der Waals surface area contributed by atoms with Crippen LogP contribution in [-0.2, 0) is 0 Å². The standard InChI is InChI=1S/C7H6O2.C5H5N/c8-5-6-2-1-3-7(9)4-6;1-2-4-6-5-3-1/h1-5,9H;1-5H. The molecule has 0 aliphatic carbocycles. The summed E-state index contributed by atoms with van der Waals surface area (Å²) < 4.78 is 0. The predicted octanol–water partition coefficient (Wildman–Crippen LogP) is 2.29. The summed E-state index contributed by atoms with van der Waals surface area (Å²) in [6.45, 7) is 0. The second-order valence-electron chi connectivity index (χ2n) is 2.74. The number of phenols is 1. The van der Waals surface area contributed by atoms with Crippen LogP contribution in [0.5, 0.6) is 5.75 Å². The predicted molar refractivity (Wildman–Crippen MR) is 57.7 cm³/mol. The summed E-state index contributed by atoms with van der Waals surface area (Å²) in [6, 6.07) is 11.9. The minimum absolute atomic E-state index is 0.125. The molecule has 0 bridgehead atoms. The van der Waals surface area contributed by atoms with E-state index in [9.17, 15) is 4.79 Å². The highest BCUT2D eigenvalue weighted by molar-refractivity contribution is 5.75. The van der Waals surface area contributed by atoms with Crippen molar-refractivity contribution in [3.05, 3.63) is 60.4 Å². The number of hydrogen-bond donors (Lipinski definition) is 1. The van der Waals surface area contributed by atoms with Crippen molar-refractivity contribution in [3.63, 3.8) is 0 Å². The first-order chi connectivity index (χ1) is 7.33. The number of aldehydes is 1. The zero-order valence-corrected chi connectivity index (χ0v) is 8.08. The quantitative estimate of drug-likeness (QED) is 0.720. The molecule has 0 atom stereocenters. The average molecular weight is 201 g/mol. The normalized spacial score (nSPS) is 8.53. The van der Waals surface area contributed by atoms with Crippen molar-refractivity contribution in [1.29, 1.82) is 0 Å². The van der Waals surface area contributed by atoms with Gasteiger partial charge in [-0.15, -0.1) is 0 Å². The molecule has 0 saturated carbocycles. The van der Waals surface area contributed by atoms with Crippen molar-refractivity contribution in [2.45, 2.75) is 0 Å². The van der Waals surface area contributed by atoms with Crippen LogP contribution in [0.2, 0.25) is 0 Å². The van der Waals surface area contributed by atoms with Crippen LogP contribution < -0.4 is 0 Å². The van der Waals surface area contributed by atoms with Crippen LogP contribution in [0.15, 0.2) is 54.9 Å². The first-order valence-corrected chi connectivity index (χ1v) is 4.42. The van der Waals surface area contributed by atoms with Gasteiger partial charge in [-0.1, -0.05) is 18.2 Å². The second kappa shape index (κ2) is 6.32. The van der Waals surface area contributed by atoms with Gasteiger partial charge < -0.3 is 5.11 Å². The number of hydrogen-bond acceptors (Lipinski definition) is 3. The number of aromatic hydroxyl groups is 1. The van der Waals surface area contributed by atoms with E-state index in [-0.39, 0.29) is 5.75 Å². The Bertz CT molecular complexity index is 375. The molecule has 0 fully saturated rings. The monoisotopic (exact) mass is 201 g/mol. The van der Waals surface area contributed by atoms with Gasteiger partial charge in [0, 0.05) is 18.0 Å². The lowest BCUT2D eigenvalue weighted by Gasteiger charge is -1.89. The van der Waals surface area contributed by atoms with Crippen molar-refractivity contribution in [2.75, 3.05) is 0 Å². The first kappa shape index (κ1) is 10.9. The molecule has 0 aliphatic heterocycles. The maximum absolute atomic E-state index is 10.0. The van der Waals surface area contributed by atoms with Crippen molar-refractivity contribution in [2.24, 2.45) is 0 Å². The van der Waals surface area contributed by atoms with E-state index in [4.69, 9.17) is 5.11 Å². The number of phenolic OH excluding ortho intramolecular Hbond substituents is 1. The number of carbonyl (C=O) groups excluding carboxylic acids is 1. The van der Waals surface area contributed by atoms with Crippen molar-refractivity contribution in [3.8, 4) is 5.75 Å². The smallest absolute Gasteiger partial charge is 0.150 e. The van der Waals surface area contributed by atoms with Gasteiger partial charge in [0.2, 0.25) is 0 Å². The highest BCUT2D eigenvalue weighted by Gasteiger charge is 1.88. The molecule has 0 amide bonds. The topological polar surface area (TPSA) is 50.2 Å². The Hall–Kier alpha value is -2.16. The Morgan fingerprint density at radius 2 is 1.80 bits per heavy atom. The highest BCUT2D eigenvalue weighted by Crippen LogP contribution is 2.07. The molecule has 3 nitrogen and oxygen atoms in total. The second-order valence-corrected chi connectivity index (χ2v) is 2.74. The fourth-order valence-electron chi connectivity index (χ4n) is 0.911. The summed E-state index contributed by atoms with van der Waals surface area (Å²) in [6.07, 6.45) is 4.19. The van der Waals surface area contributed by atoms with E-state index in [0.717, 1.165) is 0 Å². The molecule has 76 valence electrons. The Morgan fingerprint density at radius 1 is 1.07 bits per heavy atom. The molecule has 1 aromatic heterocycles. The summed E-state index contributed by atoms with van der Waals surface area (Å²) in [4.78, 5) is 13.8. The fourth-order valence-corrected chi connectivity index (χ4v) is 0.911. The van der Waals surface area contributed by atoms with E-state index >= 15 is 0 Å². The summed E-state index contributed by atoms with van der Waals surface area (Å²) in [7, 11) is 0. The Balaban J connectivity index is 0.000000162. The van der Waals surface area contributed by atoms with Gasteiger partial charge in [0.25, 0.3) is 0 Å². The van der Waals surface area contributed by atoms with E-state index in [2.05, 4.69) is 4.98 Å². The van der Waals surface area contributed by atoms with Crippen LogP contribution in [0.4, 0.5) is 0 Å². The van der Waals surface area contributed by atoms with Crippen molar-refractivity contribution in [1.82, 2.24) is 4.98 Å². The van der Waals surface area contributed by atoms with E-state index in [1.807, 2.05) is 18.2 Å². The number of carbonyl (C=O) groups is 1. The van der Waals surface area contributed by atoms with Gasteiger partial charge >= 0.3 is 0 Å². The number of benzene rings is 1. The maximum Gasteiger partial charge on any atom is 0.150 e. The summed E-state index contributed by atoms with van der Waals surface area (Å²) >= 11 is 0. The molecular weight excluding hydrogens is 190 g/mol. The molecule has 0 saturated heterocycles. The molecule has 3 heteroatoms. The van der Waals surface area contributed by atoms with Crippen LogP contribution in [0.3, 0.4) is 0 Å². The Kier molecular flexibility index (Phi) is 4.60. The summed E-state index contributed by atoms with van der Waals surface area (Å²) in [5.74, 6) is 0.125. The number of aromatic nitrogens is 1. The SMILES string of the molecule is O=Cc1cccc(O)c1.c1ccncc1. The average Bonchev–Trinajstić information content (AvgIpc) is 2.32. The first-order valence-electron chi connectivity index (χ1n) is 4.42. The fraction of sp³-hybridized carbons (Fsp3) is 0. The Labute approximate surface area is 88.0 Å². The number of rotatable bonds is 1. The van der Waals surface area contributed by atoms with Crippen LogP contribution in [0.1, 0.15) is 10.4 Å². The van der Waals surface area contributed by atoms with Crippen LogP contribution in [0.25, 0.3) is 0 Å². The maximum atomic E-state index is 10.0. The zero-order chi connectivity index (χ0) is 10.9. The molecule has 2 aromatic rings. The van der Waals surface area contributed by atoms with Crippen molar-refractivity contribution >= 4 is 6.29 Å². The van der Waals surface area contributed by atoms with Gasteiger partial charge in [-0.2, -0.15) is 0 Å². The van der Waals surface area contributed by atoms with E-state index in [1.165, 1.54) is 12.1 Å². The molecule has 0 aliphatic rings. The molecule has 2 rings (SSSR count). The zero-order valence-electron chi connectivity index (χ0n) is 8.08. The number of pyridine rings is 1. The molecule has 0 radical (unpaired) electrons. The summed E-state index contributed by atoms with van der Waals surface area (Å²) in [5.41, 5.74) is 0.495. The molecule has 15 heavy (non-hydrogen) atoms. The Morgan fingerprint density at radius 3 is 2.13 bits per heavy atom. The molecular formula is C12H11NO2. The number of nitrogens with zero attached hydrogens (tertiary/aromatic N) is 1. The third-order valence-electron chi connectivity index (χ3n) is 1.57. The van der Waals surface area contributed by atoms with Gasteiger partial charge in [0.1, 0.15) is 12.0 Å². The lowest BCUT2D eigenvalue weighted by Crippen LogP contribution is -1.75. The van der Waals surface area contributed by atoms with Gasteiger partial charge in [0.05, 0.1) is 0 Å². The van der Waals surface area contributed by atoms with E-state index < -0.39 is 0 Å². The van der Waals surface area contributed by atoms with Crippen LogP contribution in [-0.4, -0.2) is 16.4 Å². The molecule has 1 N–H and O–H groups in total. The van der Waals surface area contributed by atoms with Gasteiger partial charge in [0.15, 0.2) is 0 Å².